The third kappa shape index (κ3) is 4.04. The molecule has 5 aliphatic rings. The van der Waals surface area contributed by atoms with Crippen LogP contribution in [-0.4, -0.2) is 11.8 Å². The van der Waals surface area contributed by atoms with Crippen molar-refractivity contribution in [3.05, 3.63) is 47.5 Å². The van der Waals surface area contributed by atoms with Crippen molar-refractivity contribution >= 4 is 11.8 Å². The van der Waals surface area contributed by atoms with E-state index >= 15 is 0 Å². The quantitative estimate of drug-likeness (QED) is 0.277. The Morgan fingerprint density at radius 2 is 1.71 bits per heavy atom. The zero-order valence-electron chi connectivity index (χ0n) is 26.1. The smallest absolute Gasteiger partial charge is 0.313 e. The van der Waals surface area contributed by atoms with Crippen molar-refractivity contribution in [3.8, 4) is 6.07 Å². The van der Waals surface area contributed by atoms with Crippen LogP contribution in [0.5, 0.6) is 0 Å². The topological polar surface area (TPSA) is 67.2 Å². The number of fused-ring (bicyclic) bond motifs is 7. The van der Waals surface area contributed by atoms with Crippen LogP contribution in [-0.2, 0) is 20.9 Å². The predicted octanol–water partition coefficient (Wildman–Crippen LogP) is 8.46. The molecule has 41 heavy (non-hydrogen) atoms. The molecule has 0 aromatic heterocycles. The normalized spacial score (nSPS) is 44.7. The Kier molecular flexibility index (Phi) is 6.69. The highest BCUT2D eigenvalue weighted by Crippen LogP contribution is 2.75. The summed E-state index contributed by atoms with van der Waals surface area (Å²) in [4.78, 5) is 27.2. The number of hydrogen-bond acceptors (Lipinski definition) is 4. The summed E-state index contributed by atoms with van der Waals surface area (Å²) in [5.74, 6) is 0.628. The second kappa shape index (κ2) is 9.55. The number of esters is 1. The van der Waals surface area contributed by atoms with Gasteiger partial charge in [-0.2, -0.15) is 5.26 Å². The summed E-state index contributed by atoms with van der Waals surface area (Å²) in [7, 11) is 0. The van der Waals surface area contributed by atoms with Crippen LogP contribution in [0.3, 0.4) is 0 Å². The van der Waals surface area contributed by atoms with Gasteiger partial charge in [0.15, 0.2) is 5.78 Å². The third-order valence-corrected chi connectivity index (χ3v) is 13.8. The first-order valence-corrected chi connectivity index (χ1v) is 16.2. The van der Waals surface area contributed by atoms with Crippen LogP contribution >= 0.6 is 0 Å². The first-order valence-electron chi connectivity index (χ1n) is 16.2. The summed E-state index contributed by atoms with van der Waals surface area (Å²) in [6.45, 7) is 14.6. The number of nitriles is 1. The lowest BCUT2D eigenvalue weighted by Gasteiger charge is -2.70. The van der Waals surface area contributed by atoms with Crippen LogP contribution < -0.4 is 0 Å². The molecule has 1 aromatic carbocycles. The summed E-state index contributed by atoms with van der Waals surface area (Å²) in [5, 5.41) is 9.93. The van der Waals surface area contributed by atoms with Crippen molar-refractivity contribution in [1.82, 2.24) is 0 Å². The van der Waals surface area contributed by atoms with E-state index in [1.54, 1.807) is 0 Å². The first kappa shape index (κ1) is 28.7. The van der Waals surface area contributed by atoms with Crippen molar-refractivity contribution in [2.75, 3.05) is 0 Å². The minimum absolute atomic E-state index is 0.00196. The molecule has 0 saturated heterocycles. The van der Waals surface area contributed by atoms with Gasteiger partial charge in [-0.3, -0.25) is 9.59 Å². The second-order valence-corrected chi connectivity index (χ2v) is 16.1. The standard InChI is InChI=1S/C37H49NO3/c1-24-27-14-15-36(6)30(34(27,4)20-26(22-38)31(24)39)13-12-28-29-21-33(2,3)16-18-37(29,19-17-35(28,36)5)32(40)41-23-25-10-8-7-9-11-25/h7-12,24,26-27,29-30H,13-21,23H2,1-6H3/t24-,26?,27-,29-,30?,34-,35+,36+,37-/m0/s1. The minimum atomic E-state index is -0.482. The van der Waals surface area contributed by atoms with Gasteiger partial charge in [0.2, 0.25) is 0 Å². The Morgan fingerprint density at radius 1 is 1.00 bits per heavy atom. The molecule has 220 valence electrons. The summed E-state index contributed by atoms with van der Waals surface area (Å²) in [5.41, 5.74) is 2.35. The molecule has 0 radical (unpaired) electrons. The van der Waals surface area contributed by atoms with Crippen LogP contribution in [0.2, 0.25) is 0 Å². The predicted molar refractivity (Wildman–Crippen MR) is 160 cm³/mol. The maximum absolute atomic E-state index is 14.1. The third-order valence-electron chi connectivity index (χ3n) is 13.8. The molecule has 9 atom stereocenters. The minimum Gasteiger partial charge on any atom is -0.460 e. The van der Waals surface area contributed by atoms with E-state index in [0.717, 1.165) is 56.9 Å². The van der Waals surface area contributed by atoms with Crippen LogP contribution in [0, 0.1) is 68.0 Å². The number of carbonyl (C=O) groups excluding carboxylic acids is 2. The van der Waals surface area contributed by atoms with E-state index in [1.165, 1.54) is 5.57 Å². The molecule has 0 N–H and O–H groups in total. The van der Waals surface area contributed by atoms with E-state index in [4.69, 9.17) is 4.74 Å². The zero-order chi connectivity index (χ0) is 29.4. The fourth-order valence-electron chi connectivity index (χ4n) is 11.2. The van der Waals surface area contributed by atoms with Gasteiger partial charge in [-0.05, 0) is 103 Å². The van der Waals surface area contributed by atoms with E-state index in [0.29, 0.717) is 24.9 Å². The van der Waals surface area contributed by atoms with E-state index in [-0.39, 0.29) is 45.2 Å². The monoisotopic (exact) mass is 555 g/mol. The molecule has 0 spiro atoms. The summed E-state index contributed by atoms with van der Waals surface area (Å²) < 4.78 is 6.14. The highest BCUT2D eigenvalue weighted by Gasteiger charge is 2.69. The zero-order valence-corrected chi connectivity index (χ0v) is 26.1. The molecule has 4 heteroatoms. The molecule has 1 aromatic rings. The molecule has 4 nitrogen and oxygen atoms in total. The van der Waals surface area contributed by atoms with Crippen molar-refractivity contribution in [3.63, 3.8) is 0 Å². The summed E-state index contributed by atoms with van der Waals surface area (Å²) >= 11 is 0. The van der Waals surface area contributed by atoms with Gasteiger partial charge in [0.05, 0.1) is 11.5 Å². The van der Waals surface area contributed by atoms with Crippen LogP contribution in [0.4, 0.5) is 0 Å². The van der Waals surface area contributed by atoms with Crippen molar-refractivity contribution in [1.29, 1.82) is 5.26 Å². The Labute approximate surface area is 247 Å². The largest absolute Gasteiger partial charge is 0.460 e. The molecule has 4 saturated carbocycles. The second-order valence-electron chi connectivity index (χ2n) is 16.1. The number of ketones is 1. The summed E-state index contributed by atoms with van der Waals surface area (Å²) in [6, 6.07) is 12.4. The number of allylic oxidation sites excluding steroid dienone is 2. The number of carbonyl (C=O) groups is 2. The van der Waals surface area contributed by atoms with E-state index in [1.807, 2.05) is 30.3 Å². The number of benzene rings is 1. The van der Waals surface area contributed by atoms with Crippen LogP contribution in [0.1, 0.15) is 105 Å². The number of hydrogen-bond donors (Lipinski definition) is 0. The maximum Gasteiger partial charge on any atom is 0.313 e. The highest BCUT2D eigenvalue weighted by molar-refractivity contribution is 5.86. The van der Waals surface area contributed by atoms with Crippen LogP contribution in [0.25, 0.3) is 0 Å². The van der Waals surface area contributed by atoms with Crippen LogP contribution in [0.15, 0.2) is 42.0 Å². The van der Waals surface area contributed by atoms with E-state index in [9.17, 15) is 14.9 Å². The Bertz CT molecular complexity index is 1310. The van der Waals surface area contributed by atoms with E-state index < -0.39 is 11.3 Å². The fourth-order valence-corrected chi connectivity index (χ4v) is 11.2. The molecular formula is C37H49NO3. The van der Waals surface area contributed by atoms with Gasteiger partial charge in [-0.25, -0.2) is 0 Å². The van der Waals surface area contributed by atoms with Gasteiger partial charge in [0, 0.05) is 5.92 Å². The first-order chi connectivity index (χ1) is 19.3. The van der Waals surface area contributed by atoms with Gasteiger partial charge in [-0.1, -0.05) is 83.5 Å². The molecule has 0 aliphatic heterocycles. The SMILES string of the molecule is C[C@@H]1C(=O)C(C#N)C[C@]2(C)C3CC=C4[C@@H]5CC(C)(C)CC[C@]5(C(=O)OCc5ccccc5)CC[C@@]4(C)[C@]3(C)CC[C@@H]12. The maximum atomic E-state index is 14.1. The molecule has 6 rings (SSSR count). The molecule has 0 amide bonds. The average molecular weight is 556 g/mol. The number of nitrogens with zero attached hydrogens (tertiary/aromatic N) is 1. The lowest BCUT2D eigenvalue weighted by atomic mass is 9.34. The molecule has 0 bridgehead atoms. The number of Topliss-reactive ketones (excluding diaryl/α,β-unsaturated/α-hetero) is 1. The molecule has 4 fully saturated rings. The van der Waals surface area contributed by atoms with Gasteiger partial charge in [0.1, 0.15) is 12.5 Å². The van der Waals surface area contributed by atoms with Gasteiger partial charge in [-0.15, -0.1) is 0 Å². The highest BCUT2D eigenvalue weighted by atomic mass is 16.5. The van der Waals surface area contributed by atoms with Crippen molar-refractivity contribution in [2.24, 2.45) is 56.7 Å². The Balaban J connectivity index is 1.37. The number of ether oxygens (including phenoxy) is 1. The average Bonchev–Trinajstić information content (AvgIpc) is 2.94. The Hall–Kier alpha value is -2.41. The van der Waals surface area contributed by atoms with Crippen molar-refractivity contribution < 1.29 is 14.3 Å². The van der Waals surface area contributed by atoms with Crippen molar-refractivity contribution in [2.45, 2.75) is 106 Å². The molecular weight excluding hydrogens is 506 g/mol. The van der Waals surface area contributed by atoms with Gasteiger partial charge in [0.25, 0.3) is 0 Å². The van der Waals surface area contributed by atoms with Gasteiger partial charge >= 0.3 is 5.97 Å². The fraction of sp³-hybridized carbons (Fsp3) is 0.703. The lowest BCUT2D eigenvalue weighted by Crippen LogP contribution is -2.64. The molecule has 5 aliphatic carbocycles. The molecule has 0 heterocycles. The number of rotatable bonds is 3. The lowest BCUT2D eigenvalue weighted by molar-refractivity contribution is -0.186. The van der Waals surface area contributed by atoms with Gasteiger partial charge < -0.3 is 4.74 Å². The van der Waals surface area contributed by atoms with E-state index in [2.05, 4.69) is 53.7 Å². The Morgan fingerprint density at radius 3 is 2.41 bits per heavy atom. The molecule has 2 unspecified atom stereocenters. The summed E-state index contributed by atoms with van der Waals surface area (Å²) in [6.07, 6.45) is 11.3.